The molecule has 0 spiro atoms. The summed E-state index contributed by atoms with van der Waals surface area (Å²) in [7, 11) is 0. The van der Waals surface area contributed by atoms with Gasteiger partial charge in [-0.25, -0.2) is 4.98 Å². The van der Waals surface area contributed by atoms with Crippen molar-refractivity contribution in [2.24, 2.45) is 5.73 Å². The number of rotatable bonds is 6. The van der Waals surface area contributed by atoms with Crippen molar-refractivity contribution in [3.63, 3.8) is 0 Å². The van der Waals surface area contributed by atoms with Crippen LogP contribution in [0.1, 0.15) is 35.2 Å². The summed E-state index contributed by atoms with van der Waals surface area (Å²) in [6.45, 7) is 4.93. The van der Waals surface area contributed by atoms with Crippen molar-refractivity contribution < 1.29 is 4.74 Å². The smallest absolute Gasteiger partial charge is 0.122 e. The van der Waals surface area contributed by atoms with E-state index in [9.17, 15) is 0 Å². The molecule has 20 heavy (non-hydrogen) atoms. The highest BCUT2D eigenvalue weighted by Crippen LogP contribution is 2.26. The second-order valence-electron chi connectivity index (χ2n) is 4.77. The summed E-state index contributed by atoms with van der Waals surface area (Å²) in [5.74, 6) is 1.40. The number of thiocarbonyl (C=S) groups is 1. The van der Waals surface area contributed by atoms with E-state index in [1.165, 1.54) is 16.9 Å². The zero-order chi connectivity index (χ0) is 14.5. The van der Waals surface area contributed by atoms with E-state index in [2.05, 4.69) is 24.9 Å². The largest absolute Gasteiger partial charge is 0.493 e. The first-order chi connectivity index (χ1) is 9.58. The summed E-state index contributed by atoms with van der Waals surface area (Å²) in [5.41, 5.74) is 6.80. The van der Waals surface area contributed by atoms with Crippen molar-refractivity contribution >= 4 is 28.5 Å². The average Bonchev–Trinajstić information content (AvgIpc) is 2.88. The minimum Gasteiger partial charge on any atom is -0.493 e. The van der Waals surface area contributed by atoms with Crippen molar-refractivity contribution in [3.05, 3.63) is 45.9 Å². The fourth-order valence-electron chi connectivity index (χ4n) is 1.88. The second kappa shape index (κ2) is 6.81. The van der Waals surface area contributed by atoms with Crippen LogP contribution in [0.5, 0.6) is 5.75 Å². The lowest BCUT2D eigenvalue weighted by molar-refractivity contribution is 0.317. The van der Waals surface area contributed by atoms with Crippen molar-refractivity contribution in [1.29, 1.82) is 0 Å². The van der Waals surface area contributed by atoms with Crippen molar-refractivity contribution in [1.82, 2.24) is 4.98 Å². The molecule has 0 aliphatic carbocycles. The van der Waals surface area contributed by atoms with Crippen molar-refractivity contribution in [2.45, 2.75) is 26.2 Å². The lowest BCUT2D eigenvalue weighted by Crippen LogP contribution is -2.06. The molecule has 0 aliphatic heterocycles. The predicted octanol–water partition coefficient (Wildman–Crippen LogP) is 3.52. The van der Waals surface area contributed by atoms with E-state index in [1.54, 1.807) is 6.20 Å². The summed E-state index contributed by atoms with van der Waals surface area (Å²) in [4.78, 5) is 5.56. The summed E-state index contributed by atoms with van der Waals surface area (Å²) in [6.07, 6.45) is 2.49. The molecule has 0 atom stereocenters. The molecule has 0 amide bonds. The van der Waals surface area contributed by atoms with E-state index >= 15 is 0 Å². The predicted molar refractivity (Wildman–Crippen MR) is 87.7 cm³/mol. The van der Waals surface area contributed by atoms with Crippen molar-refractivity contribution in [2.75, 3.05) is 6.61 Å². The molecule has 1 heterocycles. The first-order valence-corrected chi connectivity index (χ1v) is 7.76. The molecule has 1 aromatic heterocycles. The Bertz CT molecular complexity index is 593. The standard InChI is InChI=1S/C15H18N2OS2/c1-10(2)11-5-3-4-6-12(11)18-8-7-14-17-9-13(20-14)15(16)19/h3-6,9-10H,7-8H2,1-2H3,(H2,16,19). The molecule has 2 aromatic rings. The van der Waals surface area contributed by atoms with Gasteiger partial charge in [0.1, 0.15) is 10.7 Å². The van der Waals surface area contributed by atoms with Gasteiger partial charge in [0.15, 0.2) is 0 Å². The lowest BCUT2D eigenvalue weighted by Gasteiger charge is -2.13. The molecule has 0 saturated heterocycles. The molecule has 0 unspecified atom stereocenters. The molecule has 2 rings (SSSR count). The number of hydrogen-bond acceptors (Lipinski definition) is 4. The molecule has 5 heteroatoms. The first-order valence-electron chi connectivity index (χ1n) is 6.54. The molecule has 0 fully saturated rings. The van der Waals surface area contributed by atoms with Gasteiger partial charge in [0.25, 0.3) is 0 Å². The topological polar surface area (TPSA) is 48.1 Å². The Labute approximate surface area is 128 Å². The molecule has 0 radical (unpaired) electrons. The van der Waals surface area contributed by atoms with E-state index in [1.807, 2.05) is 18.2 Å². The summed E-state index contributed by atoms with van der Waals surface area (Å²) >= 11 is 6.46. The Morgan fingerprint density at radius 3 is 2.80 bits per heavy atom. The van der Waals surface area contributed by atoms with E-state index in [0.717, 1.165) is 22.1 Å². The van der Waals surface area contributed by atoms with Crippen molar-refractivity contribution in [3.8, 4) is 5.75 Å². The molecule has 3 nitrogen and oxygen atoms in total. The van der Waals surface area contributed by atoms with Gasteiger partial charge in [0, 0.05) is 12.6 Å². The third kappa shape index (κ3) is 3.77. The maximum atomic E-state index is 5.87. The molecule has 0 saturated carbocycles. The van der Waals surface area contributed by atoms with E-state index < -0.39 is 0 Å². The molecule has 0 aliphatic rings. The molecule has 2 N–H and O–H groups in total. The van der Waals surface area contributed by atoms with Crippen LogP contribution in [0.15, 0.2) is 30.5 Å². The quantitative estimate of drug-likeness (QED) is 0.830. The Morgan fingerprint density at radius 2 is 2.15 bits per heavy atom. The molecule has 106 valence electrons. The fourth-order valence-corrected chi connectivity index (χ4v) is 2.81. The Hall–Kier alpha value is -1.46. The third-order valence-electron chi connectivity index (χ3n) is 2.91. The third-order valence-corrected chi connectivity index (χ3v) is 4.35. The van der Waals surface area contributed by atoms with E-state index in [-0.39, 0.29) is 0 Å². The molecule has 0 bridgehead atoms. The number of thiazole rings is 1. The number of benzene rings is 1. The molecular weight excluding hydrogens is 288 g/mol. The van der Waals surface area contributed by atoms with Gasteiger partial charge >= 0.3 is 0 Å². The van der Waals surface area contributed by atoms with Crippen LogP contribution >= 0.6 is 23.6 Å². The van der Waals surface area contributed by atoms with Crippen LogP contribution in [-0.4, -0.2) is 16.6 Å². The normalized spacial score (nSPS) is 10.8. The number of aromatic nitrogens is 1. The van der Waals surface area contributed by atoms with Crippen LogP contribution in [0.25, 0.3) is 0 Å². The number of nitrogens with two attached hydrogens (primary N) is 1. The number of hydrogen-bond donors (Lipinski definition) is 1. The summed E-state index contributed by atoms with van der Waals surface area (Å²) in [6, 6.07) is 8.15. The minimum atomic E-state index is 0.403. The van der Waals surface area contributed by atoms with Crippen LogP contribution in [0, 0.1) is 0 Å². The lowest BCUT2D eigenvalue weighted by atomic mass is 10.0. The van der Waals surface area contributed by atoms with Gasteiger partial charge in [-0.3, -0.25) is 0 Å². The summed E-state index contributed by atoms with van der Waals surface area (Å²) in [5, 5.41) is 0.995. The van der Waals surface area contributed by atoms with Crippen LogP contribution in [0.3, 0.4) is 0 Å². The van der Waals surface area contributed by atoms with E-state index in [0.29, 0.717) is 17.5 Å². The van der Waals surface area contributed by atoms with Crippen LogP contribution in [-0.2, 0) is 6.42 Å². The Morgan fingerprint density at radius 1 is 1.40 bits per heavy atom. The number of nitrogens with zero attached hydrogens (tertiary/aromatic N) is 1. The van der Waals surface area contributed by atoms with Crippen LogP contribution < -0.4 is 10.5 Å². The SMILES string of the molecule is CC(C)c1ccccc1OCCc1ncc(C(N)=S)s1. The highest BCUT2D eigenvalue weighted by atomic mass is 32.1. The monoisotopic (exact) mass is 306 g/mol. The van der Waals surface area contributed by atoms with Gasteiger partial charge in [-0.05, 0) is 17.5 Å². The fraction of sp³-hybridized carbons (Fsp3) is 0.333. The van der Waals surface area contributed by atoms with Crippen LogP contribution in [0.2, 0.25) is 0 Å². The maximum absolute atomic E-state index is 5.87. The van der Waals surface area contributed by atoms with Gasteiger partial charge in [-0.15, -0.1) is 11.3 Å². The average molecular weight is 306 g/mol. The molecule has 1 aromatic carbocycles. The number of para-hydroxylation sites is 1. The zero-order valence-electron chi connectivity index (χ0n) is 11.6. The van der Waals surface area contributed by atoms with Gasteiger partial charge in [0.2, 0.25) is 0 Å². The first kappa shape index (κ1) is 14.9. The van der Waals surface area contributed by atoms with Gasteiger partial charge in [-0.2, -0.15) is 0 Å². The summed E-state index contributed by atoms with van der Waals surface area (Å²) < 4.78 is 5.87. The Balaban J connectivity index is 1.94. The molecular formula is C15H18N2OS2. The second-order valence-corrected chi connectivity index (χ2v) is 6.33. The maximum Gasteiger partial charge on any atom is 0.122 e. The minimum absolute atomic E-state index is 0.403. The van der Waals surface area contributed by atoms with Gasteiger partial charge < -0.3 is 10.5 Å². The van der Waals surface area contributed by atoms with Gasteiger partial charge in [0.05, 0.1) is 16.5 Å². The Kier molecular flexibility index (Phi) is 5.09. The zero-order valence-corrected chi connectivity index (χ0v) is 13.3. The number of ether oxygens (including phenoxy) is 1. The van der Waals surface area contributed by atoms with Crippen LogP contribution in [0.4, 0.5) is 0 Å². The highest BCUT2D eigenvalue weighted by Gasteiger charge is 2.08. The van der Waals surface area contributed by atoms with Gasteiger partial charge in [-0.1, -0.05) is 44.3 Å². The highest BCUT2D eigenvalue weighted by molar-refractivity contribution is 7.81. The van der Waals surface area contributed by atoms with E-state index in [4.69, 9.17) is 22.7 Å².